The Labute approximate surface area is 142 Å². The number of sulfonamides is 1. The molecule has 1 heterocycles. The smallest absolute Gasteiger partial charge is 0.241 e. The van der Waals surface area contributed by atoms with E-state index in [9.17, 15) is 8.42 Å². The van der Waals surface area contributed by atoms with Crippen LogP contribution < -0.4 is 9.62 Å². The second-order valence-electron chi connectivity index (χ2n) is 5.71. The van der Waals surface area contributed by atoms with Crippen LogP contribution >= 0.6 is 0 Å². The van der Waals surface area contributed by atoms with Gasteiger partial charge in [0.05, 0.1) is 4.90 Å². The van der Waals surface area contributed by atoms with Gasteiger partial charge in [-0.05, 0) is 23.8 Å². The zero-order valence-electron chi connectivity index (χ0n) is 13.6. The number of anilines is 1. The molecule has 0 saturated carbocycles. The number of nitrogens with zero attached hydrogens (tertiary/aromatic N) is 2. The minimum absolute atomic E-state index is 0.208. The van der Waals surface area contributed by atoms with E-state index in [2.05, 4.69) is 9.71 Å². The maximum absolute atomic E-state index is 12.8. The van der Waals surface area contributed by atoms with E-state index in [4.69, 9.17) is 0 Å². The summed E-state index contributed by atoms with van der Waals surface area (Å²) < 4.78 is 28.2. The van der Waals surface area contributed by atoms with E-state index in [1.165, 1.54) is 0 Å². The van der Waals surface area contributed by atoms with Crippen molar-refractivity contribution in [2.75, 3.05) is 19.0 Å². The fourth-order valence-corrected chi connectivity index (χ4v) is 3.89. The molecule has 1 N–H and O–H groups in total. The van der Waals surface area contributed by atoms with Gasteiger partial charge in [-0.25, -0.2) is 13.1 Å². The summed E-state index contributed by atoms with van der Waals surface area (Å²) in [6.07, 6.45) is 3.31. The lowest BCUT2D eigenvalue weighted by molar-refractivity contribution is 0.582. The van der Waals surface area contributed by atoms with Crippen molar-refractivity contribution >= 4 is 26.5 Å². The van der Waals surface area contributed by atoms with Crippen LogP contribution in [0, 0.1) is 0 Å². The highest BCUT2D eigenvalue weighted by Crippen LogP contribution is 2.30. The molecule has 0 aliphatic heterocycles. The predicted molar refractivity (Wildman–Crippen MR) is 96.5 cm³/mol. The second kappa shape index (κ2) is 6.59. The van der Waals surface area contributed by atoms with E-state index in [-0.39, 0.29) is 11.4 Å². The van der Waals surface area contributed by atoms with Gasteiger partial charge in [-0.2, -0.15) is 0 Å². The quantitative estimate of drug-likeness (QED) is 0.775. The van der Waals surface area contributed by atoms with Gasteiger partial charge in [-0.15, -0.1) is 0 Å². The fraction of sp³-hybridized carbons (Fsp3) is 0.167. The highest BCUT2D eigenvalue weighted by atomic mass is 32.2. The van der Waals surface area contributed by atoms with Gasteiger partial charge in [0, 0.05) is 49.5 Å². The Morgan fingerprint density at radius 3 is 2.46 bits per heavy atom. The van der Waals surface area contributed by atoms with Crippen molar-refractivity contribution in [2.45, 2.75) is 11.4 Å². The lowest BCUT2D eigenvalue weighted by atomic mass is 10.1. The van der Waals surface area contributed by atoms with E-state index in [1.54, 1.807) is 30.6 Å². The van der Waals surface area contributed by atoms with Crippen LogP contribution in [-0.2, 0) is 16.6 Å². The molecule has 0 atom stereocenters. The van der Waals surface area contributed by atoms with Crippen molar-refractivity contribution in [3.8, 4) is 0 Å². The molecular formula is C18H19N3O2S. The molecule has 5 nitrogen and oxygen atoms in total. The molecule has 0 unspecified atom stereocenters. The first-order valence-electron chi connectivity index (χ1n) is 7.57. The molecule has 0 amide bonds. The molecule has 0 fully saturated rings. The third-order valence-electron chi connectivity index (χ3n) is 3.82. The van der Waals surface area contributed by atoms with E-state index in [1.807, 2.05) is 49.3 Å². The highest BCUT2D eigenvalue weighted by molar-refractivity contribution is 7.89. The van der Waals surface area contributed by atoms with Crippen molar-refractivity contribution < 1.29 is 8.42 Å². The molecule has 3 rings (SSSR count). The van der Waals surface area contributed by atoms with Gasteiger partial charge in [0.1, 0.15) is 0 Å². The molecule has 0 radical (unpaired) electrons. The van der Waals surface area contributed by atoms with Gasteiger partial charge < -0.3 is 4.90 Å². The van der Waals surface area contributed by atoms with E-state index in [0.717, 1.165) is 16.6 Å². The third-order valence-corrected chi connectivity index (χ3v) is 5.28. The van der Waals surface area contributed by atoms with Crippen LogP contribution in [-0.4, -0.2) is 27.5 Å². The Balaban J connectivity index is 2.00. The van der Waals surface area contributed by atoms with Crippen LogP contribution in [0.2, 0.25) is 0 Å². The van der Waals surface area contributed by atoms with Crippen LogP contribution in [0.4, 0.5) is 5.69 Å². The van der Waals surface area contributed by atoms with E-state index in [0.29, 0.717) is 5.39 Å². The standard InChI is InChI=1S/C18H19N3O2S/c1-21(2)17-9-3-8-16-15(17)7-4-10-18(16)24(22,23)20-13-14-6-5-11-19-12-14/h3-12,20H,13H2,1-2H3. The molecule has 0 aliphatic carbocycles. The van der Waals surface area contributed by atoms with Crippen molar-refractivity contribution in [3.63, 3.8) is 0 Å². The van der Waals surface area contributed by atoms with Gasteiger partial charge in [0.2, 0.25) is 10.0 Å². The largest absolute Gasteiger partial charge is 0.377 e. The average Bonchev–Trinajstić information content (AvgIpc) is 2.59. The molecule has 6 heteroatoms. The molecule has 24 heavy (non-hydrogen) atoms. The van der Waals surface area contributed by atoms with Gasteiger partial charge in [-0.1, -0.05) is 30.3 Å². The second-order valence-corrected chi connectivity index (χ2v) is 7.44. The summed E-state index contributed by atoms with van der Waals surface area (Å²) in [7, 11) is 0.258. The molecule has 2 aromatic carbocycles. The van der Waals surface area contributed by atoms with Crippen LogP contribution in [0.3, 0.4) is 0 Å². The Kier molecular flexibility index (Phi) is 4.51. The highest BCUT2D eigenvalue weighted by Gasteiger charge is 2.18. The van der Waals surface area contributed by atoms with Gasteiger partial charge in [-0.3, -0.25) is 4.98 Å². The van der Waals surface area contributed by atoms with E-state index < -0.39 is 10.0 Å². The topological polar surface area (TPSA) is 62.3 Å². The molecule has 124 valence electrons. The van der Waals surface area contributed by atoms with Crippen molar-refractivity contribution in [1.29, 1.82) is 0 Å². The minimum atomic E-state index is -3.62. The van der Waals surface area contributed by atoms with Crippen molar-refractivity contribution in [2.24, 2.45) is 0 Å². The average molecular weight is 341 g/mol. The molecule has 0 bridgehead atoms. The molecule has 0 aliphatic rings. The maximum atomic E-state index is 12.8. The van der Waals surface area contributed by atoms with Crippen LogP contribution in [0.1, 0.15) is 5.56 Å². The number of rotatable bonds is 5. The lowest BCUT2D eigenvalue weighted by Crippen LogP contribution is -2.23. The summed E-state index contributed by atoms with van der Waals surface area (Å²) in [5.41, 5.74) is 1.80. The van der Waals surface area contributed by atoms with Gasteiger partial charge in [0.25, 0.3) is 0 Å². The van der Waals surface area contributed by atoms with Crippen LogP contribution in [0.5, 0.6) is 0 Å². The summed E-state index contributed by atoms with van der Waals surface area (Å²) in [6.45, 7) is 0.208. The first kappa shape index (κ1) is 16.4. The van der Waals surface area contributed by atoms with Crippen molar-refractivity contribution in [1.82, 2.24) is 9.71 Å². The number of hydrogen-bond acceptors (Lipinski definition) is 4. The molecular weight excluding hydrogens is 322 g/mol. The summed E-state index contributed by atoms with van der Waals surface area (Å²) in [5, 5.41) is 1.62. The third kappa shape index (κ3) is 3.25. The van der Waals surface area contributed by atoms with Gasteiger partial charge >= 0.3 is 0 Å². The monoisotopic (exact) mass is 341 g/mol. The lowest BCUT2D eigenvalue weighted by Gasteiger charge is -2.17. The van der Waals surface area contributed by atoms with Crippen LogP contribution in [0.15, 0.2) is 65.8 Å². The fourth-order valence-electron chi connectivity index (χ4n) is 2.65. The number of fused-ring (bicyclic) bond motifs is 1. The zero-order chi connectivity index (χ0) is 17.2. The Morgan fingerprint density at radius 2 is 1.75 bits per heavy atom. The van der Waals surface area contributed by atoms with Crippen molar-refractivity contribution in [3.05, 3.63) is 66.5 Å². The number of hydrogen-bond donors (Lipinski definition) is 1. The van der Waals surface area contributed by atoms with E-state index >= 15 is 0 Å². The Morgan fingerprint density at radius 1 is 1.00 bits per heavy atom. The number of aromatic nitrogens is 1. The van der Waals surface area contributed by atoms with Gasteiger partial charge in [0.15, 0.2) is 0 Å². The number of benzene rings is 2. The minimum Gasteiger partial charge on any atom is -0.377 e. The summed E-state index contributed by atoms with van der Waals surface area (Å²) in [4.78, 5) is 6.26. The predicted octanol–water partition coefficient (Wildman–Crippen LogP) is 2.78. The molecule has 0 saturated heterocycles. The van der Waals surface area contributed by atoms with Crippen LogP contribution in [0.25, 0.3) is 10.8 Å². The summed E-state index contributed by atoms with van der Waals surface area (Å²) >= 11 is 0. The normalized spacial score (nSPS) is 11.6. The number of nitrogens with one attached hydrogen (secondary N) is 1. The summed E-state index contributed by atoms with van der Waals surface area (Å²) in [5.74, 6) is 0. The first-order valence-corrected chi connectivity index (χ1v) is 9.05. The number of pyridine rings is 1. The molecule has 1 aromatic heterocycles. The SMILES string of the molecule is CN(C)c1cccc2c(S(=O)(=O)NCc3cccnc3)cccc12. The zero-order valence-corrected chi connectivity index (χ0v) is 14.4. The maximum Gasteiger partial charge on any atom is 0.241 e. The molecule has 0 spiro atoms. The summed E-state index contributed by atoms with van der Waals surface area (Å²) in [6, 6.07) is 14.6. The first-order chi connectivity index (χ1) is 11.5. The Bertz CT molecular complexity index is 954. The Hall–Kier alpha value is -2.44. The molecule has 3 aromatic rings.